The van der Waals surface area contributed by atoms with Crippen molar-refractivity contribution in [2.45, 2.75) is 33.4 Å². The van der Waals surface area contributed by atoms with Gasteiger partial charge < -0.3 is 10.2 Å². The van der Waals surface area contributed by atoms with Crippen molar-refractivity contribution in [3.63, 3.8) is 0 Å². The molecule has 1 aromatic carbocycles. The van der Waals surface area contributed by atoms with E-state index in [2.05, 4.69) is 24.8 Å². The average molecular weight is 258 g/mol. The number of nitrogens with zero attached hydrogens (tertiary/aromatic N) is 1. The summed E-state index contributed by atoms with van der Waals surface area (Å²) in [6.07, 6.45) is 1.26. The lowest BCUT2D eigenvalue weighted by Gasteiger charge is -2.19. The van der Waals surface area contributed by atoms with Gasteiger partial charge in [0.25, 0.3) is 0 Å². The van der Waals surface area contributed by atoms with Crippen LogP contribution in [0.5, 0.6) is 0 Å². The topological polar surface area (TPSA) is 42.4 Å². The quantitative estimate of drug-likeness (QED) is 0.919. The molecule has 0 saturated carbocycles. The number of nitrogens with two attached hydrogens (primary N) is 1. The van der Waals surface area contributed by atoms with Gasteiger partial charge in [0.15, 0.2) is 0 Å². The largest absolute Gasteiger partial charge is 0.459 e. The van der Waals surface area contributed by atoms with E-state index in [0.717, 1.165) is 31.0 Å². The highest BCUT2D eigenvalue weighted by molar-refractivity contribution is 5.82. The summed E-state index contributed by atoms with van der Waals surface area (Å²) in [7, 11) is 0. The second-order valence-electron chi connectivity index (χ2n) is 6.33. The van der Waals surface area contributed by atoms with Crippen molar-refractivity contribution < 1.29 is 4.42 Å². The van der Waals surface area contributed by atoms with E-state index in [1.54, 1.807) is 0 Å². The van der Waals surface area contributed by atoms with Gasteiger partial charge in [-0.15, -0.1) is 0 Å². The van der Waals surface area contributed by atoms with Gasteiger partial charge >= 0.3 is 0 Å². The zero-order chi connectivity index (χ0) is 13.5. The molecule has 1 fully saturated rings. The van der Waals surface area contributed by atoms with Crippen molar-refractivity contribution in [1.29, 1.82) is 0 Å². The molecule has 3 heteroatoms. The van der Waals surface area contributed by atoms with Gasteiger partial charge in [-0.05, 0) is 24.4 Å². The van der Waals surface area contributed by atoms with Crippen LogP contribution in [0, 0.1) is 5.41 Å². The predicted molar refractivity (Wildman–Crippen MR) is 77.8 cm³/mol. The Bertz CT molecular complexity index is 585. The Labute approximate surface area is 114 Å². The summed E-state index contributed by atoms with van der Waals surface area (Å²) in [5.41, 5.74) is 8.46. The molecule has 0 spiro atoms. The molecule has 3 nitrogen and oxygen atoms in total. The molecule has 0 aliphatic carbocycles. The third-order valence-corrected chi connectivity index (χ3v) is 4.11. The van der Waals surface area contributed by atoms with Gasteiger partial charge in [0.2, 0.25) is 0 Å². The highest BCUT2D eigenvalue weighted by atomic mass is 16.3. The molecule has 0 atom stereocenters. The molecule has 0 amide bonds. The SMILES string of the molecule is CC1(C)CCN(Cc2oc3ccccc3c2CN)C1. The number of furan rings is 1. The Morgan fingerprint density at radius 1 is 1.32 bits per heavy atom. The van der Waals surface area contributed by atoms with Gasteiger partial charge in [-0.1, -0.05) is 32.0 Å². The van der Waals surface area contributed by atoms with Crippen molar-refractivity contribution in [1.82, 2.24) is 4.90 Å². The Kier molecular flexibility index (Phi) is 3.11. The number of fused-ring (bicyclic) bond motifs is 1. The zero-order valence-corrected chi connectivity index (χ0v) is 11.8. The van der Waals surface area contributed by atoms with Gasteiger partial charge in [0, 0.05) is 24.0 Å². The molecule has 0 radical (unpaired) electrons. The fourth-order valence-corrected chi connectivity index (χ4v) is 3.06. The van der Waals surface area contributed by atoms with E-state index in [4.69, 9.17) is 10.2 Å². The van der Waals surface area contributed by atoms with Crippen molar-refractivity contribution in [2.75, 3.05) is 13.1 Å². The summed E-state index contributed by atoms with van der Waals surface area (Å²) in [5.74, 6) is 1.04. The molecule has 2 N–H and O–H groups in total. The van der Waals surface area contributed by atoms with Gasteiger partial charge in [-0.25, -0.2) is 0 Å². The van der Waals surface area contributed by atoms with Crippen LogP contribution in [0.4, 0.5) is 0 Å². The Balaban J connectivity index is 1.89. The van der Waals surface area contributed by atoms with Crippen molar-refractivity contribution in [3.8, 4) is 0 Å². The Morgan fingerprint density at radius 2 is 2.11 bits per heavy atom. The lowest BCUT2D eigenvalue weighted by Crippen LogP contribution is -2.23. The summed E-state index contributed by atoms with van der Waals surface area (Å²) in [5, 5.41) is 1.17. The Morgan fingerprint density at radius 3 is 2.79 bits per heavy atom. The van der Waals surface area contributed by atoms with E-state index < -0.39 is 0 Å². The van der Waals surface area contributed by atoms with Crippen LogP contribution in [0.15, 0.2) is 28.7 Å². The lowest BCUT2D eigenvalue weighted by molar-refractivity contribution is 0.264. The summed E-state index contributed by atoms with van der Waals surface area (Å²) in [4.78, 5) is 2.47. The van der Waals surface area contributed by atoms with Gasteiger partial charge in [-0.3, -0.25) is 4.90 Å². The minimum Gasteiger partial charge on any atom is -0.459 e. The van der Waals surface area contributed by atoms with Crippen molar-refractivity contribution >= 4 is 11.0 Å². The number of hydrogen-bond donors (Lipinski definition) is 1. The number of para-hydroxylation sites is 1. The van der Waals surface area contributed by atoms with Crippen LogP contribution < -0.4 is 5.73 Å². The highest BCUT2D eigenvalue weighted by Gasteiger charge is 2.30. The third-order valence-electron chi connectivity index (χ3n) is 4.11. The van der Waals surface area contributed by atoms with Crippen LogP contribution in [-0.4, -0.2) is 18.0 Å². The van der Waals surface area contributed by atoms with Crippen LogP contribution in [0.2, 0.25) is 0 Å². The first kappa shape index (κ1) is 12.7. The molecule has 0 unspecified atom stereocenters. The molecule has 0 bridgehead atoms. The minimum absolute atomic E-state index is 0.425. The van der Waals surface area contributed by atoms with Gasteiger partial charge in [0.05, 0.1) is 6.54 Å². The smallest absolute Gasteiger partial charge is 0.134 e. The van der Waals surface area contributed by atoms with Gasteiger partial charge in [0.1, 0.15) is 11.3 Å². The summed E-state index contributed by atoms with van der Waals surface area (Å²) < 4.78 is 6.00. The molecule has 1 aliphatic heterocycles. The van der Waals surface area contributed by atoms with E-state index >= 15 is 0 Å². The number of rotatable bonds is 3. The molecule has 2 aromatic rings. The predicted octanol–water partition coefficient (Wildman–Crippen LogP) is 3.12. The average Bonchev–Trinajstić information content (AvgIpc) is 2.89. The molecule has 1 aliphatic rings. The molecular weight excluding hydrogens is 236 g/mol. The summed E-state index contributed by atoms with van der Waals surface area (Å²) in [6.45, 7) is 8.36. The van der Waals surface area contributed by atoms with E-state index in [1.165, 1.54) is 17.4 Å². The van der Waals surface area contributed by atoms with Crippen LogP contribution in [0.1, 0.15) is 31.6 Å². The normalized spacial score (nSPS) is 19.3. The second-order valence-corrected chi connectivity index (χ2v) is 6.33. The third kappa shape index (κ3) is 2.40. The monoisotopic (exact) mass is 258 g/mol. The Hall–Kier alpha value is -1.32. The standard InChI is InChI=1S/C16H22N2O/c1-16(2)7-8-18(11-16)10-15-13(9-17)12-5-3-4-6-14(12)19-15/h3-6H,7-11,17H2,1-2H3. The number of likely N-dealkylation sites (tertiary alicyclic amines) is 1. The van der Waals surface area contributed by atoms with Crippen LogP contribution in [0.3, 0.4) is 0 Å². The summed E-state index contributed by atoms with van der Waals surface area (Å²) >= 11 is 0. The molecule has 1 saturated heterocycles. The van der Waals surface area contributed by atoms with Crippen LogP contribution in [0.25, 0.3) is 11.0 Å². The zero-order valence-electron chi connectivity index (χ0n) is 11.8. The second kappa shape index (κ2) is 4.66. The first-order valence-electron chi connectivity index (χ1n) is 7.01. The molecule has 3 rings (SSSR count). The maximum Gasteiger partial charge on any atom is 0.134 e. The van der Waals surface area contributed by atoms with Crippen LogP contribution in [-0.2, 0) is 13.1 Å². The molecule has 2 heterocycles. The molecular formula is C16H22N2O. The fraction of sp³-hybridized carbons (Fsp3) is 0.500. The van der Waals surface area contributed by atoms with E-state index in [0.29, 0.717) is 12.0 Å². The van der Waals surface area contributed by atoms with Crippen molar-refractivity contribution in [3.05, 3.63) is 35.6 Å². The molecule has 1 aromatic heterocycles. The highest BCUT2D eigenvalue weighted by Crippen LogP contribution is 2.32. The summed E-state index contributed by atoms with van der Waals surface area (Å²) in [6, 6.07) is 8.17. The first-order valence-corrected chi connectivity index (χ1v) is 7.01. The lowest BCUT2D eigenvalue weighted by atomic mass is 9.93. The number of benzene rings is 1. The van der Waals surface area contributed by atoms with Crippen molar-refractivity contribution in [2.24, 2.45) is 11.1 Å². The minimum atomic E-state index is 0.425. The van der Waals surface area contributed by atoms with E-state index in [1.807, 2.05) is 18.2 Å². The van der Waals surface area contributed by atoms with Gasteiger partial charge in [-0.2, -0.15) is 0 Å². The van der Waals surface area contributed by atoms with E-state index in [-0.39, 0.29) is 0 Å². The maximum absolute atomic E-state index is 6.00. The van der Waals surface area contributed by atoms with Crippen LogP contribution >= 0.6 is 0 Å². The first-order chi connectivity index (χ1) is 9.09. The molecule has 19 heavy (non-hydrogen) atoms. The van der Waals surface area contributed by atoms with E-state index in [9.17, 15) is 0 Å². The fourth-order valence-electron chi connectivity index (χ4n) is 3.06. The number of hydrogen-bond acceptors (Lipinski definition) is 3. The molecule has 102 valence electrons. The maximum atomic E-state index is 6.00.